The lowest BCUT2D eigenvalue weighted by Crippen LogP contribution is -2.42. The van der Waals surface area contributed by atoms with Crippen molar-refractivity contribution < 1.29 is 14.3 Å². The smallest absolute Gasteiger partial charge is 0.166 e. The molecule has 3 heterocycles. The summed E-state index contributed by atoms with van der Waals surface area (Å²) in [6.07, 6.45) is 2.85. The highest BCUT2D eigenvalue weighted by Gasteiger charge is 2.42. The number of ether oxygens (including phenoxy) is 2. The van der Waals surface area contributed by atoms with Gasteiger partial charge in [0.05, 0.1) is 18.8 Å². The predicted molar refractivity (Wildman–Crippen MR) is 82.6 cm³/mol. The van der Waals surface area contributed by atoms with Crippen LogP contribution in [0.2, 0.25) is 0 Å². The first-order chi connectivity index (χ1) is 10.3. The third-order valence-corrected chi connectivity index (χ3v) is 6.16. The van der Waals surface area contributed by atoms with E-state index in [0.29, 0.717) is 19.0 Å². The summed E-state index contributed by atoms with van der Waals surface area (Å²) in [5, 5.41) is 0. The lowest BCUT2D eigenvalue weighted by Gasteiger charge is -2.37. The minimum Gasteiger partial charge on any atom is -0.374 e. The van der Waals surface area contributed by atoms with Gasteiger partial charge in [0.15, 0.2) is 5.78 Å². The highest BCUT2D eigenvalue weighted by molar-refractivity contribution is 7.99. The van der Waals surface area contributed by atoms with Crippen molar-refractivity contribution in [1.29, 1.82) is 0 Å². The lowest BCUT2D eigenvalue weighted by atomic mass is 9.81. The van der Waals surface area contributed by atoms with Crippen LogP contribution in [0.4, 0.5) is 0 Å². The maximum absolute atomic E-state index is 12.8. The molecule has 21 heavy (non-hydrogen) atoms. The van der Waals surface area contributed by atoms with Crippen LogP contribution in [-0.4, -0.2) is 29.5 Å². The number of hydrogen-bond acceptors (Lipinski definition) is 4. The van der Waals surface area contributed by atoms with Gasteiger partial charge in [0.2, 0.25) is 0 Å². The van der Waals surface area contributed by atoms with Gasteiger partial charge in [0.25, 0.3) is 0 Å². The van der Waals surface area contributed by atoms with Gasteiger partial charge in [-0.15, -0.1) is 0 Å². The van der Waals surface area contributed by atoms with Crippen LogP contribution in [0, 0.1) is 5.92 Å². The van der Waals surface area contributed by atoms with Crippen molar-refractivity contribution in [3.63, 3.8) is 0 Å². The number of carbonyl (C=O) groups is 1. The zero-order valence-electron chi connectivity index (χ0n) is 12.1. The first-order valence-electron chi connectivity index (χ1n) is 7.71. The number of ketones is 1. The van der Waals surface area contributed by atoms with E-state index in [2.05, 4.69) is 6.07 Å². The molecule has 3 aliphatic heterocycles. The second-order valence-corrected chi connectivity index (χ2v) is 7.47. The van der Waals surface area contributed by atoms with Crippen LogP contribution in [0.15, 0.2) is 18.2 Å². The molecule has 0 bridgehead atoms. The summed E-state index contributed by atoms with van der Waals surface area (Å²) in [5.41, 5.74) is 3.23. The van der Waals surface area contributed by atoms with Gasteiger partial charge >= 0.3 is 0 Å². The number of hydrogen-bond donors (Lipinski definition) is 0. The summed E-state index contributed by atoms with van der Waals surface area (Å²) in [5.74, 6) is 2.63. The monoisotopic (exact) mass is 304 g/mol. The van der Waals surface area contributed by atoms with Crippen molar-refractivity contribution in [2.75, 3.05) is 18.1 Å². The minimum absolute atomic E-state index is 0.0247. The zero-order chi connectivity index (χ0) is 14.3. The number of carbonyl (C=O) groups excluding carboxylic acids is 1. The molecule has 2 fully saturated rings. The van der Waals surface area contributed by atoms with Crippen LogP contribution in [0.3, 0.4) is 0 Å². The Labute approximate surface area is 129 Å². The summed E-state index contributed by atoms with van der Waals surface area (Å²) in [6, 6.07) is 6.06. The molecule has 1 aromatic carbocycles. The van der Waals surface area contributed by atoms with E-state index in [-0.39, 0.29) is 11.5 Å². The second-order valence-electron chi connectivity index (χ2n) is 6.36. The van der Waals surface area contributed by atoms with Gasteiger partial charge in [-0.1, -0.05) is 12.1 Å². The summed E-state index contributed by atoms with van der Waals surface area (Å²) in [4.78, 5) is 12.8. The van der Waals surface area contributed by atoms with E-state index in [1.807, 2.05) is 23.9 Å². The van der Waals surface area contributed by atoms with E-state index in [0.717, 1.165) is 42.9 Å². The molecule has 3 aliphatic rings. The first kappa shape index (κ1) is 13.8. The van der Waals surface area contributed by atoms with Crippen LogP contribution < -0.4 is 0 Å². The molecular formula is C17H20O3S. The molecule has 3 nitrogen and oxygen atoms in total. The molecule has 0 N–H and O–H groups in total. The summed E-state index contributed by atoms with van der Waals surface area (Å²) in [7, 11) is 0. The number of benzene rings is 1. The number of fused-ring (bicyclic) bond motifs is 1. The Morgan fingerprint density at radius 2 is 2.19 bits per heavy atom. The molecule has 0 aromatic heterocycles. The van der Waals surface area contributed by atoms with Gasteiger partial charge < -0.3 is 9.47 Å². The summed E-state index contributed by atoms with van der Waals surface area (Å²) < 4.78 is 11.5. The fourth-order valence-corrected chi connectivity index (χ4v) is 5.05. The van der Waals surface area contributed by atoms with Crippen molar-refractivity contribution in [2.24, 2.45) is 5.92 Å². The summed E-state index contributed by atoms with van der Waals surface area (Å²) >= 11 is 1.95. The van der Waals surface area contributed by atoms with Crippen LogP contribution in [0.1, 0.15) is 40.7 Å². The normalized spacial score (nSPS) is 31.5. The van der Waals surface area contributed by atoms with Gasteiger partial charge in [-0.2, -0.15) is 11.8 Å². The molecular weight excluding hydrogens is 284 g/mol. The molecule has 2 atom stereocenters. The molecule has 112 valence electrons. The number of thioether (sulfide) groups is 1. The third-order valence-electron chi connectivity index (χ3n) is 4.94. The Morgan fingerprint density at radius 3 is 3.05 bits per heavy atom. The van der Waals surface area contributed by atoms with Crippen LogP contribution in [-0.2, 0) is 22.7 Å². The van der Waals surface area contributed by atoms with Crippen molar-refractivity contribution >= 4 is 17.5 Å². The average molecular weight is 304 g/mol. The molecule has 1 spiro atoms. The van der Waals surface area contributed by atoms with E-state index >= 15 is 0 Å². The zero-order valence-corrected chi connectivity index (χ0v) is 12.9. The SMILES string of the molecule is O=C(c1ccc2c(c1)COC2)C1CCOC2(CCSC2)C1. The Kier molecular flexibility index (Phi) is 3.56. The molecule has 0 aliphatic carbocycles. The van der Waals surface area contributed by atoms with Crippen molar-refractivity contribution in [2.45, 2.75) is 38.1 Å². The van der Waals surface area contributed by atoms with E-state index < -0.39 is 0 Å². The third kappa shape index (κ3) is 2.54. The molecule has 4 heteroatoms. The Balaban J connectivity index is 1.54. The van der Waals surface area contributed by atoms with E-state index in [1.165, 1.54) is 11.1 Å². The number of Topliss-reactive ketones (excluding diaryl/α,β-unsaturated/α-hetero) is 1. The highest BCUT2D eigenvalue weighted by Crippen LogP contribution is 2.41. The van der Waals surface area contributed by atoms with Gasteiger partial charge in [-0.05, 0) is 42.2 Å². The predicted octanol–water partition coefficient (Wildman–Crippen LogP) is 3.20. The van der Waals surface area contributed by atoms with E-state index in [9.17, 15) is 4.79 Å². The molecule has 0 saturated carbocycles. The molecule has 0 amide bonds. The Bertz CT molecular complexity index is 563. The summed E-state index contributed by atoms with van der Waals surface area (Å²) in [6.45, 7) is 2.05. The Morgan fingerprint density at radius 1 is 1.29 bits per heavy atom. The van der Waals surface area contributed by atoms with Crippen LogP contribution in [0.25, 0.3) is 0 Å². The fraction of sp³-hybridized carbons (Fsp3) is 0.588. The van der Waals surface area contributed by atoms with Gasteiger partial charge in [-0.25, -0.2) is 0 Å². The molecule has 2 unspecified atom stereocenters. The fourth-order valence-electron chi connectivity index (χ4n) is 3.68. The maximum Gasteiger partial charge on any atom is 0.166 e. The maximum atomic E-state index is 12.8. The Hall–Kier alpha value is -0.840. The van der Waals surface area contributed by atoms with Gasteiger partial charge in [0, 0.05) is 23.8 Å². The average Bonchev–Trinajstić information content (AvgIpc) is 3.15. The van der Waals surface area contributed by atoms with Crippen molar-refractivity contribution in [3.8, 4) is 0 Å². The standard InChI is InChI=1S/C17H20O3S/c18-16(12-1-2-14-9-19-10-15(14)7-12)13-3-5-20-17(8-13)4-6-21-11-17/h1-2,7,13H,3-6,8-11H2. The molecule has 4 rings (SSSR count). The van der Waals surface area contributed by atoms with E-state index in [4.69, 9.17) is 9.47 Å². The quantitative estimate of drug-likeness (QED) is 0.786. The van der Waals surface area contributed by atoms with Gasteiger partial charge in [0.1, 0.15) is 0 Å². The minimum atomic E-state index is -0.0247. The van der Waals surface area contributed by atoms with Crippen LogP contribution in [0.5, 0.6) is 0 Å². The second kappa shape index (κ2) is 5.41. The van der Waals surface area contributed by atoms with Crippen molar-refractivity contribution in [3.05, 3.63) is 34.9 Å². The lowest BCUT2D eigenvalue weighted by molar-refractivity contribution is -0.0734. The van der Waals surface area contributed by atoms with Gasteiger partial charge in [-0.3, -0.25) is 4.79 Å². The van der Waals surface area contributed by atoms with Crippen LogP contribution >= 0.6 is 11.8 Å². The van der Waals surface area contributed by atoms with E-state index in [1.54, 1.807) is 0 Å². The first-order valence-corrected chi connectivity index (χ1v) is 8.87. The molecule has 0 radical (unpaired) electrons. The molecule has 2 saturated heterocycles. The number of rotatable bonds is 2. The highest BCUT2D eigenvalue weighted by atomic mass is 32.2. The largest absolute Gasteiger partial charge is 0.374 e. The molecule has 1 aromatic rings. The van der Waals surface area contributed by atoms with Crippen molar-refractivity contribution in [1.82, 2.24) is 0 Å². The topological polar surface area (TPSA) is 35.5 Å².